The van der Waals surface area contributed by atoms with Crippen LogP contribution in [0.25, 0.3) is 0 Å². The zero-order valence-electron chi connectivity index (χ0n) is 34.3. The van der Waals surface area contributed by atoms with Crippen LogP contribution in [0.5, 0.6) is 5.75 Å². The van der Waals surface area contributed by atoms with Crippen molar-refractivity contribution in [2.75, 3.05) is 118 Å². The third-order valence-corrected chi connectivity index (χ3v) is 10.1. The minimum atomic E-state index is -3.30. The second-order valence-corrected chi connectivity index (χ2v) is 17.4. The maximum atomic E-state index is 13.6. The topological polar surface area (TPSA) is 250 Å². The van der Waals surface area contributed by atoms with E-state index in [1.54, 1.807) is 10.9 Å². The molecule has 2 aromatic rings. The smallest absolute Gasteiger partial charge is 0.313 e. The largest absolute Gasteiger partial charge is 0.420 e. The lowest BCUT2D eigenvalue weighted by atomic mass is 9.97. The molecule has 1 fully saturated rings. The van der Waals surface area contributed by atoms with Crippen molar-refractivity contribution in [2.45, 2.75) is 56.5 Å². The standard InChI is InChI=1S/C36H56F5N3O17P2/c37-27-28(38)30(40)35(31(41)29(27)39)61-26(45)2-5-51-8-10-53-12-14-55-16-18-57-20-21-58-19-17-56-15-13-54-11-9-52-7-4-44-23-24(42-43-44)1-6-59-36-34(48)33(47)32(46)25(60-36)3-22-63(49,50)62/h23,25,32-34,36,46-50,62H,1-22H2/t25-,32-,33+,34+,36+/m1/s1. The van der Waals surface area contributed by atoms with Gasteiger partial charge in [-0.3, -0.25) is 4.79 Å². The predicted molar refractivity (Wildman–Crippen MR) is 209 cm³/mol. The van der Waals surface area contributed by atoms with Gasteiger partial charge in [0.1, 0.15) is 25.3 Å². The lowest BCUT2D eigenvalue weighted by Crippen LogP contribution is -2.58. The molecular weight excluding hydrogens is 903 g/mol. The molecule has 5 atom stereocenters. The number of carbonyl (C=O) groups is 1. The zero-order valence-corrected chi connectivity index (χ0v) is 36.2. The predicted octanol–water partition coefficient (Wildman–Crippen LogP) is 0.749. The van der Waals surface area contributed by atoms with Crippen molar-refractivity contribution in [1.82, 2.24) is 15.0 Å². The van der Waals surface area contributed by atoms with Gasteiger partial charge in [0, 0.05) is 18.8 Å². The molecule has 1 aromatic carbocycles. The number of carbonyl (C=O) groups excluding carboxylic acids is 1. The van der Waals surface area contributed by atoms with Crippen LogP contribution in [0.3, 0.4) is 0 Å². The Morgan fingerprint density at radius 2 is 1.10 bits per heavy atom. The number of ether oxygens (including phenoxy) is 11. The first kappa shape index (κ1) is 54.9. The molecule has 1 saturated heterocycles. The Bertz CT molecular complexity index is 1630. The second-order valence-electron chi connectivity index (χ2n) is 13.4. The lowest BCUT2D eigenvalue weighted by Gasteiger charge is -2.40. The fraction of sp³-hybridized carbons (Fsp3) is 0.750. The highest BCUT2D eigenvalue weighted by molar-refractivity contribution is 7.91. The van der Waals surface area contributed by atoms with Crippen molar-refractivity contribution >= 4 is 21.5 Å². The summed E-state index contributed by atoms with van der Waals surface area (Å²) in [6.07, 6.45) is -5.17. The molecule has 0 aliphatic carbocycles. The molecule has 0 unspecified atom stereocenters. The first-order valence-corrected chi connectivity index (χ1v) is 23.0. The Morgan fingerprint density at radius 3 is 1.57 bits per heavy atom. The number of hydrogen-bond acceptors (Lipinski definition) is 17. The normalized spacial score (nSPS) is 19.2. The Labute approximate surface area is 361 Å². The van der Waals surface area contributed by atoms with Crippen molar-refractivity contribution in [1.29, 1.82) is 0 Å². The van der Waals surface area contributed by atoms with Gasteiger partial charge in [-0.15, -0.1) is 5.10 Å². The highest BCUT2D eigenvalue weighted by atomic mass is 31.8. The van der Waals surface area contributed by atoms with E-state index in [2.05, 4.69) is 23.6 Å². The second kappa shape index (κ2) is 30.7. The Kier molecular flexibility index (Phi) is 26.8. The third kappa shape index (κ3) is 21.6. The molecule has 5 N–H and O–H groups in total. The molecule has 3 rings (SSSR count). The molecule has 1 aliphatic rings. The van der Waals surface area contributed by atoms with Gasteiger partial charge in [-0.2, -0.15) is 8.78 Å². The average Bonchev–Trinajstić information content (AvgIpc) is 3.71. The van der Waals surface area contributed by atoms with E-state index in [0.717, 1.165) is 0 Å². The van der Waals surface area contributed by atoms with Crippen molar-refractivity contribution < 1.29 is 104 Å². The van der Waals surface area contributed by atoms with E-state index >= 15 is 0 Å². The first-order chi connectivity index (χ1) is 30.2. The summed E-state index contributed by atoms with van der Waals surface area (Å²) < 4.78 is 127. The lowest BCUT2D eigenvalue weighted by molar-refractivity contribution is -0.296. The van der Waals surface area contributed by atoms with E-state index in [9.17, 15) is 51.9 Å². The zero-order chi connectivity index (χ0) is 46.0. The van der Waals surface area contributed by atoms with Crippen LogP contribution in [0.2, 0.25) is 0 Å². The third-order valence-electron chi connectivity index (χ3n) is 8.53. The van der Waals surface area contributed by atoms with E-state index in [0.29, 0.717) is 91.3 Å². The molecule has 0 saturated carbocycles. The molecule has 0 bridgehead atoms. The Balaban J connectivity index is 1.02. The van der Waals surface area contributed by atoms with E-state index in [1.165, 1.54) is 0 Å². The highest BCUT2D eigenvalue weighted by Gasteiger charge is 2.44. The summed E-state index contributed by atoms with van der Waals surface area (Å²) in [6, 6.07) is 0. The van der Waals surface area contributed by atoms with Gasteiger partial charge >= 0.3 is 5.97 Å². The van der Waals surface area contributed by atoms with E-state index < -0.39 is 84.9 Å². The summed E-state index contributed by atoms with van der Waals surface area (Å²) in [4.78, 5) is 30.8. The number of rotatable bonds is 35. The number of esters is 1. The number of halogens is 5. The van der Waals surface area contributed by atoms with Crippen molar-refractivity contribution in [2.24, 2.45) is 0 Å². The van der Waals surface area contributed by atoms with Crippen LogP contribution >= 0.6 is 15.5 Å². The van der Waals surface area contributed by atoms with Crippen LogP contribution in [0.4, 0.5) is 22.0 Å². The maximum absolute atomic E-state index is 13.6. The number of aliphatic hydroxyl groups is 3. The van der Waals surface area contributed by atoms with Crippen LogP contribution in [-0.2, 0) is 65.1 Å². The molecule has 27 heteroatoms. The SMILES string of the molecule is O=C(CCOCCOCCOCCOCCOCCOCCOCCOCCn1cc(CCO[C@H]2O[C@H](CCP(O)(O)=P)[C@@H](O)[C@H](O)[C@@H]2O)nn1)Oc1c(F)c(F)c(F)c(F)c1F. The monoisotopic (exact) mass is 959 g/mol. The van der Waals surface area contributed by atoms with Crippen molar-refractivity contribution in [3.05, 3.63) is 41.0 Å². The summed E-state index contributed by atoms with van der Waals surface area (Å²) in [5.41, 5.74) is 0.612. The first-order valence-electron chi connectivity index (χ1n) is 19.8. The number of nitrogens with zero attached hydrogens (tertiary/aromatic N) is 3. The summed E-state index contributed by atoms with van der Waals surface area (Å²) in [5.74, 6) is -14.2. The van der Waals surface area contributed by atoms with Crippen LogP contribution in [0.1, 0.15) is 18.5 Å². The summed E-state index contributed by atoms with van der Waals surface area (Å²) in [5, 5.41) is 38.7. The minimum absolute atomic E-state index is 0.0233. The maximum Gasteiger partial charge on any atom is 0.313 e. The number of benzene rings is 1. The molecule has 0 radical (unpaired) electrons. The number of aliphatic hydroxyl groups excluding tert-OH is 3. The van der Waals surface area contributed by atoms with E-state index in [4.69, 9.17) is 47.4 Å². The van der Waals surface area contributed by atoms with Gasteiger partial charge in [0.05, 0.1) is 137 Å². The van der Waals surface area contributed by atoms with Crippen LogP contribution < -0.4 is 4.74 Å². The molecule has 362 valence electrons. The van der Waals surface area contributed by atoms with Gasteiger partial charge in [0.15, 0.2) is 6.29 Å². The minimum Gasteiger partial charge on any atom is -0.420 e. The molecule has 63 heavy (non-hydrogen) atoms. The van der Waals surface area contributed by atoms with Crippen molar-refractivity contribution in [3.8, 4) is 5.75 Å². The van der Waals surface area contributed by atoms with Crippen LogP contribution in [0.15, 0.2) is 6.20 Å². The fourth-order valence-electron chi connectivity index (χ4n) is 5.24. The van der Waals surface area contributed by atoms with Crippen molar-refractivity contribution in [3.63, 3.8) is 0 Å². The Morgan fingerprint density at radius 1 is 0.651 bits per heavy atom. The van der Waals surface area contributed by atoms with Gasteiger partial charge in [-0.05, 0) is 6.42 Å². The van der Waals surface area contributed by atoms with E-state index in [-0.39, 0.29) is 52.2 Å². The van der Waals surface area contributed by atoms with Gasteiger partial charge in [-0.25, -0.2) is 17.9 Å². The van der Waals surface area contributed by atoms with Gasteiger partial charge in [-0.1, -0.05) is 13.7 Å². The molecule has 1 aliphatic heterocycles. The Hall–Kier alpha value is -2.39. The van der Waals surface area contributed by atoms with Gasteiger partial charge in [0.25, 0.3) is 0 Å². The molecule has 2 heterocycles. The highest BCUT2D eigenvalue weighted by Crippen LogP contribution is 2.43. The van der Waals surface area contributed by atoms with Crippen LogP contribution in [-0.4, -0.2) is 195 Å². The summed E-state index contributed by atoms with van der Waals surface area (Å²) in [6.45, 7) is 5.09. The average molecular weight is 960 g/mol. The van der Waals surface area contributed by atoms with Gasteiger partial charge < -0.3 is 77.2 Å². The number of hydrogen-bond donors (Lipinski definition) is 5. The summed E-state index contributed by atoms with van der Waals surface area (Å²) in [7, 11) is -0.464. The quantitative estimate of drug-likeness (QED) is 0.0122. The number of aromatic nitrogens is 3. The van der Waals surface area contributed by atoms with E-state index in [1.807, 2.05) is 0 Å². The van der Waals surface area contributed by atoms with Gasteiger partial charge in [0.2, 0.25) is 34.8 Å². The molecule has 0 amide bonds. The molecule has 0 spiro atoms. The molecule has 1 aromatic heterocycles. The van der Waals surface area contributed by atoms with Crippen LogP contribution in [0, 0.1) is 29.1 Å². The fourth-order valence-corrected chi connectivity index (χ4v) is 6.24. The molecular formula is C36H56F5N3O17P2. The molecule has 20 nitrogen and oxygen atoms in total. The summed E-state index contributed by atoms with van der Waals surface area (Å²) >= 11 is 0.